The van der Waals surface area contributed by atoms with Crippen molar-refractivity contribution in [2.75, 3.05) is 61.5 Å². The molecule has 1 atom stereocenters. The molecule has 0 aliphatic carbocycles. The summed E-state index contributed by atoms with van der Waals surface area (Å²) in [5, 5.41) is 0. The van der Waals surface area contributed by atoms with Crippen molar-refractivity contribution in [3.63, 3.8) is 0 Å². The summed E-state index contributed by atoms with van der Waals surface area (Å²) in [6.45, 7) is 2.48. The largest absolute Gasteiger partial charge is 0.416 e. The molecule has 128 valence electrons. The molecule has 0 spiro atoms. The maximum atomic E-state index is 12.8. The zero-order chi connectivity index (χ0) is 16.4. The SMILES string of the molecule is Nc1nc(N2CCOCC2)cc(N2CCOC(C(F)(F)F)C2)n1. The molecule has 2 aliphatic heterocycles. The summed E-state index contributed by atoms with van der Waals surface area (Å²) >= 11 is 0. The molecule has 2 fully saturated rings. The molecular formula is C13H18F3N5O2. The summed E-state index contributed by atoms with van der Waals surface area (Å²) in [5.41, 5.74) is 5.73. The van der Waals surface area contributed by atoms with Gasteiger partial charge in [0.15, 0.2) is 6.10 Å². The van der Waals surface area contributed by atoms with Crippen molar-refractivity contribution in [3.8, 4) is 0 Å². The number of ether oxygens (including phenoxy) is 2. The predicted molar refractivity (Wildman–Crippen MR) is 77.5 cm³/mol. The number of rotatable bonds is 2. The van der Waals surface area contributed by atoms with Crippen LogP contribution in [0.15, 0.2) is 6.07 Å². The minimum atomic E-state index is -4.40. The number of morpholine rings is 2. The van der Waals surface area contributed by atoms with Crippen LogP contribution in [-0.4, -0.2) is 68.2 Å². The van der Waals surface area contributed by atoms with E-state index < -0.39 is 12.3 Å². The second-order valence-corrected chi connectivity index (χ2v) is 5.39. The van der Waals surface area contributed by atoms with Crippen LogP contribution in [0.5, 0.6) is 0 Å². The molecule has 1 unspecified atom stereocenters. The fourth-order valence-corrected chi connectivity index (χ4v) is 2.61. The Balaban J connectivity index is 1.80. The lowest BCUT2D eigenvalue weighted by Gasteiger charge is -2.35. The van der Waals surface area contributed by atoms with Crippen LogP contribution in [0.1, 0.15) is 0 Å². The van der Waals surface area contributed by atoms with Crippen molar-refractivity contribution in [2.24, 2.45) is 0 Å². The Kier molecular flexibility index (Phi) is 4.44. The van der Waals surface area contributed by atoms with E-state index in [1.807, 2.05) is 4.90 Å². The second kappa shape index (κ2) is 6.36. The van der Waals surface area contributed by atoms with E-state index in [0.717, 1.165) is 0 Å². The summed E-state index contributed by atoms with van der Waals surface area (Å²) in [4.78, 5) is 11.8. The van der Waals surface area contributed by atoms with Crippen LogP contribution in [0.4, 0.5) is 30.8 Å². The fraction of sp³-hybridized carbons (Fsp3) is 0.692. The molecule has 1 aromatic heterocycles. The molecular weight excluding hydrogens is 315 g/mol. The lowest BCUT2D eigenvalue weighted by atomic mass is 10.2. The molecule has 0 bridgehead atoms. The van der Waals surface area contributed by atoms with Crippen molar-refractivity contribution >= 4 is 17.6 Å². The average molecular weight is 333 g/mol. The third-order valence-electron chi connectivity index (χ3n) is 3.81. The summed E-state index contributed by atoms with van der Waals surface area (Å²) in [6.07, 6.45) is -6.22. The van der Waals surface area contributed by atoms with E-state index >= 15 is 0 Å². The number of hydrogen-bond acceptors (Lipinski definition) is 7. The van der Waals surface area contributed by atoms with E-state index in [0.29, 0.717) is 44.5 Å². The van der Waals surface area contributed by atoms with Gasteiger partial charge in [-0.2, -0.15) is 23.1 Å². The molecule has 2 aliphatic rings. The van der Waals surface area contributed by atoms with Gasteiger partial charge in [0.1, 0.15) is 11.6 Å². The van der Waals surface area contributed by atoms with Crippen molar-refractivity contribution < 1.29 is 22.6 Å². The summed E-state index contributed by atoms with van der Waals surface area (Å²) in [6, 6.07) is 1.67. The smallest absolute Gasteiger partial charge is 0.378 e. The molecule has 0 saturated carbocycles. The molecule has 3 rings (SSSR count). The maximum absolute atomic E-state index is 12.8. The number of aromatic nitrogens is 2. The highest BCUT2D eigenvalue weighted by Crippen LogP contribution is 2.29. The molecule has 23 heavy (non-hydrogen) atoms. The lowest BCUT2D eigenvalue weighted by molar-refractivity contribution is -0.221. The predicted octanol–water partition coefficient (Wildman–Crippen LogP) is 0.663. The van der Waals surface area contributed by atoms with Gasteiger partial charge in [0.05, 0.1) is 26.4 Å². The fourth-order valence-electron chi connectivity index (χ4n) is 2.61. The molecule has 10 heteroatoms. The first-order valence-electron chi connectivity index (χ1n) is 7.34. The highest BCUT2D eigenvalue weighted by atomic mass is 19.4. The Morgan fingerprint density at radius 1 is 1.04 bits per heavy atom. The van der Waals surface area contributed by atoms with Gasteiger partial charge in [-0.1, -0.05) is 0 Å². The Hall–Kier alpha value is -1.81. The number of alkyl halides is 3. The summed E-state index contributed by atoms with van der Waals surface area (Å²) in [5.74, 6) is 1.03. The first kappa shape index (κ1) is 16.1. The Bertz CT molecular complexity index is 551. The van der Waals surface area contributed by atoms with Gasteiger partial charge in [0.2, 0.25) is 5.95 Å². The van der Waals surface area contributed by atoms with Crippen LogP contribution < -0.4 is 15.5 Å². The first-order chi connectivity index (χ1) is 10.9. The van der Waals surface area contributed by atoms with Gasteiger partial charge >= 0.3 is 6.18 Å². The standard InChI is InChI=1S/C13H18F3N5O2/c14-13(15,16)9-8-21(3-6-23-9)11-7-10(18-12(17)19-11)20-1-4-22-5-2-20/h7,9H,1-6,8H2,(H2,17,18,19). The molecule has 0 radical (unpaired) electrons. The van der Waals surface area contributed by atoms with Crippen molar-refractivity contribution in [1.82, 2.24) is 9.97 Å². The minimum Gasteiger partial charge on any atom is -0.378 e. The van der Waals surface area contributed by atoms with E-state index in [1.165, 1.54) is 4.90 Å². The summed E-state index contributed by atoms with van der Waals surface area (Å²) < 4.78 is 48.6. The summed E-state index contributed by atoms with van der Waals surface area (Å²) in [7, 11) is 0. The third-order valence-corrected chi connectivity index (χ3v) is 3.81. The topological polar surface area (TPSA) is 76.7 Å². The molecule has 7 nitrogen and oxygen atoms in total. The Morgan fingerprint density at radius 2 is 1.65 bits per heavy atom. The van der Waals surface area contributed by atoms with Gasteiger partial charge in [-0.05, 0) is 0 Å². The maximum Gasteiger partial charge on any atom is 0.416 e. The number of anilines is 3. The zero-order valence-electron chi connectivity index (χ0n) is 12.4. The van der Waals surface area contributed by atoms with Gasteiger partial charge in [0.25, 0.3) is 0 Å². The monoisotopic (exact) mass is 333 g/mol. The van der Waals surface area contributed by atoms with Gasteiger partial charge < -0.3 is 25.0 Å². The lowest BCUT2D eigenvalue weighted by Crippen LogP contribution is -2.49. The first-order valence-corrected chi connectivity index (χ1v) is 7.34. The van der Waals surface area contributed by atoms with Gasteiger partial charge in [-0.25, -0.2) is 0 Å². The van der Waals surface area contributed by atoms with Crippen LogP contribution in [0.2, 0.25) is 0 Å². The molecule has 0 amide bonds. The second-order valence-electron chi connectivity index (χ2n) is 5.39. The average Bonchev–Trinajstić information content (AvgIpc) is 2.54. The number of nitrogens with two attached hydrogens (primary N) is 1. The van der Waals surface area contributed by atoms with Crippen LogP contribution in [0.25, 0.3) is 0 Å². The van der Waals surface area contributed by atoms with Crippen LogP contribution >= 0.6 is 0 Å². The van der Waals surface area contributed by atoms with Crippen LogP contribution in [-0.2, 0) is 9.47 Å². The molecule has 0 aromatic carbocycles. The van der Waals surface area contributed by atoms with Crippen molar-refractivity contribution in [3.05, 3.63) is 6.07 Å². The zero-order valence-corrected chi connectivity index (χ0v) is 12.4. The van der Waals surface area contributed by atoms with Crippen LogP contribution in [0, 0.1) is 0 Å². The Morgan fingerprint density at radius 3 is 2.30 bits per heavy atom. The molecule has 3 heterocycles. The van der Waals surface area contributed by atoms with E-state index in [4.69, 9.17) is 15.2 Å². The van der Waals surface area contributed by atoms with Gasteiger partial charge in [-0.3, -0.25) is 0 Å². The number of halogens is 3. The number of nitrogens with zero attached hydrogens (tertiary/aromatic N) is 4. The number of hydrogen-bond donors (Lipinski definition) is 1. The third kappa shape index (κ3) is 3.75. The van der Waals surface area contributed by atoms with Crippen molar-refractivity contribution in [2.45, 2.75) is 12.3 Å². The molecule has 2 N–H and O–H groups in total. The highest BCUT2D eigenvalue weighted by Gasteiger charge is 2.43. The number of nitrogen functional groups attached to an aromatic ring is 1. The highest BCUT2D eigenvalue weighted by molar-refractivity contribution is 5.54. The molecule has 1 aromatic rings. The van der Waals surface area contributed by atoms with E-state index in [1.54, 1.807) is 6.07 Å². The van der Waals surface area contributed by atoms with Crippen molar-refractivity contribution in [1.29, 1.82) is 0 Å². The quantitative estimate of drug-likeness (QED) is 0.852. The normalized spacial score (nSPS) is 23.2. The Labute approximate surface area is 131 Å². The van der Waals surface area contributed by atoms with E-state index in [2.05, 4.69) is 9.97 Å². The molecule has 2 saturated heterocycles. The van der Waals surface area contributed by atoms with Crippen LogP contribution in [0.3, 0.4) is 0 Å². The van der Waals surface area contributed by atoms with E-state index in [-0.39, 0.29) is 19.1 Å². The van der Waals surface area contributed by atoms with E-state index in [9.17, 15) is 13.2 Å². The van der Waals surface area contributed by atoms with Gasteiger partial charge in [-0.15, -0.1) is 0 Å². The minimum absolute atomic E-state index is 0.0129. The van der Waals surface area contributed by atoms with Gasteiger partial charge in [0, 0.05) is 25.7 Å².